The molecule has 144 valence electrons. The van der Waals surface area contributed by atoms with Gasteiger partial charge in [0.05, 0.1) is 6.54 Å². The van der Waals surface area contributed by atoms with Gasteiger partial charge in [-0.15, -0.1) is 0 Å². The lowest BCUT2D eigenvalue weighted by Gasteiger charge is -2.37. The number of hydrogen-bond donors (Lipinski definition) is 0. The first-order chi connectivity index (χ1) is 13.7. The smallest absolute Gasteiger partial charge is 0.236 e. The van der Waals surface area contributed by atoms with Gasteiger partial charge in [0.1, 0.15) is 0 Å². The van der Waals surface area contributed by atoms with Crippen LogP contribution in [-0.2, 0) is 11.3 Å². The Morgan fingerprint density at radius 2 is 1.79 bits per heavy atom. The van der Waals surface area contributed by atoms with Crippen LogP contribution >= 0.6 is 0 Å². The molecule has 0 radical (unpaired) electrons. The summed E-state index contributed by atoms with van der Waals surface area (Å²) in [5, 5.41) is 2.52. The Morgan fingerprint density at radius 3 is 2.54 bits per heavy atom. The molecule has 1 aromatic heterocycles. The third-order valence-electron chi connectivity index (χ3n) is 5.31. The van der Waals surface area contributed by atoms with Crippen molar-refractivity contribution in [3.8, 4) is 0 Å². The molecule has 1 aliphatic rings. The lowest BCUT2D eigenvalue weighted by molar-refractivity contribution is -0.132. The highest BCUT2D eigenvalue weighted by atomic mass is 16.2. The number of benzene rings is 2. The van der Waals surface area contributed by atoms with Crippen molar-refractivity contribution in [3.05, 3.63) is 72.6 Å². The second-order valence-electron chi connectivity index (χ2n) is 7.43. The monoisotopic (exact) mass is 374 g/mol. The van der Waals surface area contributed by atoms with Gasteiger partial charge in [-0.25, -0.2) is 0 Å². The van der Waals surface area contributed by atoms with Crippen molar-refractivity contribution in [1.29, 1.82) is 0 Å². The van der Waals surface area contributed by atoms with Crippen molar-refractivity contribution in [2.75, 3.05) is 44.7 Å². The van der Waals surface area contributed by atoms with Gasteiger partial charge in [0.2, 0.25) is 5.91 Å². The van der Waals surface area contributed by atoms with Gasteiger partial charge in [-0.1, -0.05) is 36.4 Å². The summed E-state index contributed by atoms with van der Waals surface area (Å²) in [5.41, 5.74) is 2.36. The number of carbonyl (C=O) groups excluding carboxylic acids is 1. The van der Waals surface area contributed by atoms with Crippen molar-refractivity contribution in [3.63, 3.8) is 0 Å². The van der Waals surface area contributed by atoms with E-state index in [-0.39, 0.29) is 5.91 Å². The molecule has 28 heavy (non-hydrogen) atoms. The van der Waals surface area contributed by atoms with Crippen LogP contribution in [-0.4, -0.2) is 60.5 Å². The maximum atomic E-state index is 12.7. The molecule has 0 saturated carbocycles. The average molecular weight is 374 g/mol. The van der Waals surface area contributed by atoms with E-state index < -0.39 is 0 Å². The molecule has 0 spiro atoms. The molecule has 1 saturated heterocycles. The van der Waals surface area contributed by atoms with E-state index in [1.807, 2.05) is 30.3 Å². The molecule has 0 atom stereocenters. The number of likely N-dealkylation sites (N-methyl/N-ethyl adjacent to an activating group) is 1. The van der Waals surface area contributed by atoms with E-state index in [0.29, 0.717) is 6.54 Å². The number of aromatic nitrogens is 1. The van der Waals surface area contributed by atoms with E-state index in [1.165, 1.54) is 16.5 Å². The van der Waals surface area contributed by atoms with Gasteiger partial charge >= 0.3 is 0 Å². The summed E-state index contributed by atoms with van der Waals surface area (Å²) in [6, 6.07) is 19.0. The predicted molar refractivity (Wildman–Crippen MR) is 113 cm³/mol. The Morgan fingerprint density at radius 1 is 1.00 bits per heavy atom. The fourth-order valence-corrected chi connectivity index (χ4v) is 3.78. The molecular weight excluding hydrogens is 348 g/mol. The molecule has 0 N–H and O–H groups in total. The Bertz CT molecular complexity index is 935. The van der Waals surface area contributed by atoms with Crippen LogP contribution < -0.4 is 4.90 Å². The number of anilines is 1. The Labute approximate surface area is 166 Å². The fraction of sp³-hybridized carbons (Fsp3) is 0.304. The molecule has 1 aliphatic heterocycles. The zero-order valence-corrected chi connectivity index (χ0v) is 16.3. The third kappa shape index (κ3) is 4.31. The second kappa shape index (κ2) is 8.40. The topological polar surface area (TPSA) is 39.7 Å². The molecule has 1 fully saturated rings. The summed E-state index contributed by atoms with van der Waals surface area (Å²) >= 11 is 0. The molecule has 5 nitrogen and oxygen atoms in total. The van der Waals surface area contributed by atoms with Crippen LogP contribution in [0.5, 0.6) is 0 Å². The summed E-state index contributed by atoms with van der Waals surface area (Å²) < 4.78 is 0. The van der Waals surface area contributed by atoms with Crippen molar-refractivity contribution in [2.45, 2.75) is 6.54 Å². The lowest BCUT2D eigenvalue weighted by atomic mass is 10.1. The molecule has 4 rings (SSSR count). The minimum Gasteiger partial charge on any atom is -0.368 e. The Balaban J connectivity index is 1.31. The van der Waals surface area contributed by atoms with Crippen LogP contribution in [0.15, 0.2) is 67.0 Å². The van der Waals surface area contributed by atoms with E-state index in [4.69, 9.17) is 0 Å². The van der Waals surface area contributed by atoms with Gasteiger partial charge in [-0.05, 0) is 41.6 Å². The SMILES string of the molecule is CN(CC(=O)N1CCN(c2ccc3ccccc3c2)CC1)Cc1cccnc1. The zero-order valence-electron chi connectivity index (χ0n) is 16.3. The summed E-state index contributed by atoms with van der Waals surface area (Å²) in [7, 11) is 1.98. The Kier molecular flexibility index (Phi) is 5.53. The first-order valence-corrected chi connectivity index (χ1v) is 9.78. The first-order valence-electron chi connectivity index (χ1n) is 9.78. The molecule has 1 amide bonds. The number of amides is 1. The van der Waals surface area contributed by atoms with Crippen molar-refractivity contribution in [2.24, 2.45) is 0 Å². The number of carbonyl (C=O) groups is 1. The predicted octanol–water partition coefficient (Wildman–Crippen LogP) is 3.02. The highest BCUT2D eigenvalue weighted by Crippen LogP contribution is 2.23. The van der Waals surface area contributed by atoms with Crippen molar-refractivity contribution >= 4 is 22.4 Å². The molecule has 0 aliphatic carbocycles. The lowest BCUT2D eigenvalue weighted by Crippen LogP contribution is -2.51. The van der Waals surface area contributed by atoms with Crippen LogP contribution in [0.3, 0.4) is 0 Å². The van der Waals surface area contributed by atoms with Gasteiger partial charge in [0.25, 0.3) is 0 Å². The molecule has 3 aromatic rings. The molecule has 5 heteroatoms. The van der Waals surface area contributed by atoms with E-state index in [0.717, 1.165) is 38.3 Å². The molecule has 0 bridgehead atoms. The number of pyridine rings is 1. The van der Waals surface area contributed by atoms with Crippen LogP contribution in [0.25, 0.3) is 10.8 Å². The summed E-state index contributed by atoms with van der Waals surface area (Å²) in [6.07, 6.45) is 3.62. The average Bonchev–Trinajstić information content (AvgIpc) is 2.74. The zero-order chi connectivity index (χ0) is 19.3. The van der Waals surface area contributed by atoms with E-state index >= 15 is 0 Å². The largest absolute Gasteiger partial charge is 0.368 e. The van der Waals surface area contributed by atoms with Gasteiger partial charge in [-0.2, -0.15) is 0 Å². The van der Waals surface area contributed by atoms with E-state index in [2.05, 4.69) is 57.2 Å². The number of fused-ring (bicyclic) bond motifs is 1. The quantitative estimate of drug-likeness (QED) is 0.688. The highest BCUT2D eigenvalue weighted by molar-refractivity contribution is 5.86. The van der Waals surface area contributed by atoms with Crippen molar-refractivity contribution < 1.29 is 4.79 Å². The summed E-state index contributed by atoms with van der Waals surface area (Å²) in [6.45, 7) is 4.45. The van der Waals surface area contributed by atoms with Crippen LogP contribution in [0.1, 0.15) is 5.56 Å². The summed E-state index contributed by atoms with van der Waals surface area (Å²) in [5.74, 6) is 0.199. The maximum absolute atomic E-state index is 12.7. The van der Waals surface area contributed by atoms with Crippen LogP contribution in [0, 0.1) is 0 Å². The van der Waals surface area contributed by atoms with Gasteiger partial charge < -0.3 is 9.80 Å². The Hall–Kier alpha value is -2.92. The molecular formula is C23H26N4O. The van der Waals surface area contributed by atoms with Crippen molar-refractivity contribution in [1.82, 2.24) is 14.8 Å². The van der Waals surface area contributed by atoms with Gasteiger partial charge in [0.15, 0.2) is 0 Å². The van der Waals surface area contributed by atoms with Crippen LogP contribution in [0.4, 0.5) is 5.69 Å². The minimum atomic E-state index is 0.199. The first kappa shape index (κ1) is 18.4. The number of hydrogen-bond acceptors (Lipinski definition) is 4. The molecule has 0 unspecified atom stereocenters. The second-order valence-corrected chi connectivity index (χ2v) is 7.43. The summed E-state index contributed by atoms with van der Waals surface area (Å²) in [4.78, 5) is 23.2. The maximum Gasteiger partial charge on any atom is 0.236 e. The van der Waals surface area contributed by atoms with Gasteiger partial charge in [0, 0.05) is 50.8 Å². The number of piperazine rings is 1. The molecule has 2 heterocycles. The number of nitrogens with zero attached hydrogens (tertiary/aromatic N) is 4. The normalized spacial score (nSPS) is 14.6. The third-order valence-corrected chi connectivity index (χ3v) is 5.31. The van der Waals surface area contributed by atoms with Gasteiger partial charge in [-0.3, -0.25) is 14.7 Å². The van der Waals surface area contributed by atoms with Crippen LogP contribution in [0.2, 0.25) is 0 Å². The highest BCUT2D eigenvalue weighted by Gasteiger charge is 2.22. The minimum absolute atomic E-state index is 0.199. The fourth-order valence-electron chi connectivity index (χ4n) is 3.78. The standard InChI is InChI=1S/C23H26N4O/c1-25(17-19-5-4-10-24-16-19)18-23(28)27-13-11-26(12-14-27)22-9-8-20-6-2-3-7-21(20)15-22/h2-10,15-16H,11-14,17-18H2,1H3. The van der Waals surface area contributed by atoms with E-state index in [9.17, 15) is 4.79 Å². The molecule has 2 aromatic carbocycles. The number of rotatable bonds is 5. The van der Waals surface area contributed by atoms with E-state index in [1.54, 1.807) is 6.20 Å².